The summed E-state index contributed by atoms with van der Waals surface area (Å²) >= 11 is 6.51. The number of hydrogen-bond donors (Lipinski definition) is 2. The maximum absolute atomic E-state index is 11.8. The van der Waals surface area contributed by atoms with Gasteiger partial charge in [0, 0.05) is 11.8 Å². The first kappa shape index (κ1) is 15.8. The van der Waals surface area contributed by atoms with Crippen LogP contribution >= 0.6 is 31.9 Å². The van der Waals surface area contributed by atoms with E-state index in [9.17, 15) is 4.79 Å². The van der Waals surface area contributed by atoms with Crippen LogP contribution in [0, 0.1) is 13.8 Å². The van der Waals surface area contributed by atoms with Crippen molar-refractivity contribution in [3.05, 3.63) is 50.3 Å². The van der Waals surface area contributed by atoms with E-state index in [4.69, 9.17) is 4.42 Å². The predicted molar refractivity (Wildman–Crippen MR) is 89.8 cm³/mol. The van der Waals surface area contributed by atoms with Crippen LogP contribution in [0.2, 0.25) is 0 Å². The van der Waals surface area contributed by atoms with Gasteiger partial charge in [-0.2, -0.15) is 5.10 Å². The molecule has 2 amide bonds. The lowest BCUT2D eigenvalue weighted by molar-refractivity contribution is 0.252. The van der Waals surface area contributed by atoms with Crippen LogP contribution in [-0.2, 0) is 0 Å². The maximum atomic E-state index is 11.8. The van der Waals surface area contributed by atoms with Crippen molar-refractivity contribution in [1.29, 1.82) is 0 Å². The minimum absolute atomic E-state index is 0.412. The highest BCUT2D eigenvalue weighted by Gasteiger charge is 2.05. The van der Waals surface area contributed by atoms with E-state index >= 15 is 0 Å². The van der Waals surface area contributed by atoms with Gasteiger partial charge in [0.2, 0.25) is 0 Å². The number of nitrogens with one attached hydrogen (secondary N) is 2. The van der Waals surface area contributed by atoms with E-state index < -0.39 is 6.03 Å². The average Bonchev–Trinajstić information content (AvgIpc) is 2.74. The molecule has 0 aliphatic heterocycles. The second kappa shape index (κ2) is 6.91. The van der Waals surface area contributed by atoms with Crippen molar-refractivity contribution in [2.45, 2.75) is 13.8 Å². The van der Waals surface area contributed by atoms with Crippen molar-refractivity contribution in [3.8, 4) is 0 Å². The van der Waals surface area contributed by atoms with E-state index in [1.807, 2.05) is 32.0 Å². The van der Waals surface area contributed by atoms with Crippen molar-refractivity contribution in [2.75, 3.05) is 5.32 Å². The van der Waals surface area contributed by atoms with Crippen LogP contribution in [0.1, 0.15) is 16.9 Å². The molecule has 2 aromatic rings. The van der Waals surface area contributed by atoms with Crippen LogP contribution < -0.4 is 10.7 Å². The van der Waals surface area contributed by atoms with Gasteiger partial charge < -0.3 is 9.73 Å². The number of rotatable bonds is 3. The smallest absolute Gasteiger partial charge is 0.339 e. The molecule has 1 aromatic carbocycles. The molecule has 0 atom stereocenters. The Balaban J connectivity index is 1.94. The molecule has 0 radical (unpaired) electrons. The number of urea groups is 1. The lowest BCUT2D eigenvalue weighted by atomic mass is 10.1. The minimum atomic E-state index is -0.412. The van der Waals surface area contributed by atoms with Crippen molar-refractivity contribution in [1.82, 2.24) is 5.43 Å². The molecule has 0 bridgehead atoms. The molecule has 1 aromatic heterocycles. The van der Waals surface area contributed by atoms with Crippen LogP contribution in [0.4, 0.5) is 10.5 Å². The Morgan fingerprint density at radius 1 is 1.33 bits per heavy atom. The Labute approximate surface area is 139 Å². The molecule has 2 rings (SSSR count). The molecule has 7 heteroatoms. The highest BCUT2D eigenvalue weighted by atomic mass is 79.9. The number of benzene rings is 1. The number of furan rings is 1. The van der Waals surface area contributed by atoms with Gasteiger partial charge in [-0.05, 0) is 62.9 Å². The number of anilines is 1. The van der Waals surface area contributed by atoms with Crippen molar-refractivity contribution < 1.29 is 9.21 Å². The largest absolute Gasteiger partial charge is 0.447 e. The van der Waals surface area contributed by atoms with E-state index in [1.165, 1.54) is 6.21 Å². The maximum Gasteiger partial charge on any atom is 0.339 e. The molecular formula is C14H13Br2N3O2. The topological polar surface area (TPSA) is 66.6 Å². The fourth-order valence-electron chi connectivity index (χ4n) is 1.62. The van der Waals surface area contributed by atoms with Gasteiger partial charge in [0.1, 0.15) is 5.76 Å². The monoisotopic (exact) mass is 413 g/mol. The highest BCUT2D eigenvalue weighted by Crippen LogP contribution is 2.25. The summed E-state index contributed by atoms with van der Waals surface area (Å²) in [4.78, 5) is 11.8. The number of halogens is 2. The number of carbonyl (C=O) groups is 1. The van der Waals surface area contributed by atoms with Gasteiger partial charge in [-0.25, -0.2) is 10.2 Å². The van der Waals surface area contributed by atoms with Crippen LogP contribution in [0.25, 0.3) is 0 Å². The second-order valence-electron chi connectivity index (χ2n) is 4.34. The number of nitrogens with zero attached hydrogens (tertiary/aromatic N) is 1. The number of amides is 2. The van der Waals surface area contributed by atoms with Crippen molar-refractivity contribution >= 4 is 49.8 Å². The zero-order valence-electron chi connectivity index (χ0n) is 11.4. The predicted octanol–water partition coefficient (Wildman–Crippen LogP) is 4.58. The summed E-state index contributed by atoms with van der Waals surface area (Å²) < 4.78 is 6.65. The van der Waals surface area contributed by atoms with Gasteiger partial charge in [-0.15, -0.1) is 0 Å². The zero-order chi connectivity index (χ0) is 15.4. The molecule has 1 heterocycles. The Bertz CT molecular complexity index is 676. The standard InChI is InChI=1S/C14H13Br2N3O2/c1-8-4-3-5-12(9(8)2)18-14(20)19-17-7-10-6-11(15)13(16)21-10/h3-7H,1-2H3,(H2,18,19,20)/b17-7+. The summed E-state index contributed by atoms with van der Waals surface area (Å²) in [5.41, 5.74) is 5.28. The number of hydrogen-bond acceptors (Lipinski definition) is 3. The van der Waals surface area contributed by atoms with Crippen molar-refractivity contribution in [3.63, 3.8) is 0 Å². The van der Waals surface area contributed by atoms with E-state index in [2.05, 4.69) is 47.7 Å². The van der Waals surface area contributed by atoms with Gasteiger partial charge in [0.25, 0.3) is 0 Å². The summed E-state index contributed by atoms with van der Waals surface area (Å²) in [6, 6.07) is 7.04. The van der Waals surface area contributed by atoms with E-state index in [-0.39, 0.29) is 0 Å². The van der Waals surface area contributed by atoms with E-state index in [0.29, 0.717) is 10.4 Å². The fraction of sp³-hybridized carbons (Fsp3) is 0.143. The molecular weight excluding hydrogens is 402 g/mol. The molecule has 0 saturated heterocycles. The Kier molecular flexibility index (Phi) is 5.19. The zero-order valence-corrected chi connectivity index (χ0v) is 14.6. The average molecular weight is 415 g/mol. The van der Waals surface area contributed by atoms with Crippen LogP contribution in [0.15, 0.2) is 42.9 Å². The van der Waals surface area contributed by atoms with Crippen LogP contribution in [0.3, 0.4) is 0 Å². The van der Waals surface area contributed by atoms with Crippen LogP contribution in [-0.4, -0.2) is 12.2 Å². The van der Waals surface area contributed by atoms with Gasteiger partial charge in [0.05, 0.1) is 10.7 Å². The number of carbonyl (C=O) groups excluding carboxylic acids is 1. The first-order valence-corrected chi connectivity index (χ1v) is 7.67. The molecule has 0 aliphatic carbocycles. The third-order valence-corrected chi connectivity index (χ3v) is 4.59. The normalized spacial score (nSPS) is 10.9. The minimum Gasteiger partial charge on any atom is -0.447 e. The quantitative estimate of drug-likeness (QED) is 0.570. The summed E-state index contributed by atoms with van der Waals surface area (Å²) in [5.74, 6) is 0.515. The SMILES string of the molecule is Cc1cccc(NC(=O)N/N=C/c2cc(Br)c(Br)o2)c1C. The fourth-order valence-corrected chi connectivity index (χ4v) is 2.23. The third-order valence-electron chi connectivity index (χ3n) is 2.87. The Hall–Kier alpha value is -1.60. The van der Waals surface area contributed by atoms with Crippen LogP contribution in [0.5, 0.6) is 0 Å². The molecule has 0 saturated carbocycles. The van der Waals surface area contributed by atoms with E-state index in [0.717, 1.165) is 21.3 Å². The Morgan fingerprint density at radius 2 is 2.10 bits per heavy atom. The second-order valence-corrected chi connectivity index (χ2v) is 5.92. The van der Waals surface area contributed by atoms with Gasteiger partial charge >= 0.3 is 6.03 Å². The van der Waals surface area contributed by atoms with Crippen molar-refractivity contribution in [2.24, 2.45) is 5.10 Å². The molecule has 110 valence electrons. The van der Waals surface area contributed by atoms with Gasteiger partial charge in [0.15, 0.2) is 4.67 Å². The number of hydrazone groups is 1. The summed E-state index contributed by atoms with van der Waals surface area (Å²) in [5, 5.41) is 6.56. The summed E-state index contributed by atoms with van der Waals surface area (Å²) in [7, 11) is 0. The number of aryl methyl sites for hydroxylation is 1. The molecule has 21 heavy (non-hydrogen) atoms. The summed E-state index contributed by atoms with van der Waals surface area (Å²) in [6.07, 6.45) is 1.41. The van der Waals surface area contributed by atoms with E-state index in [1.54, 1.807) is 6.07 Å². The molecule has 2 N–H and O–H groups in total. The molecule has 0 fully saturated rings. The molecule has 0 spiro atoms. The lowest BCUT2D eigenvalue weighted by Crippen LogP contribution is -2.24. The first-order chi connectivity index (χ1) is 9.97. The van der Waals surface area contributed by atoms with Gasteiger partial charge in [-0.3, -0.25) is 0 Å². The lowest BCUT2D eigenvalue weighted by Gasteiger charge is -2.09. The van der Waals surface area contributed by atoms with Gasteiger partial charge in [-0.1, -0.05) is 12.1 Å². The highest BCUT2D eigenvalue weighted by molar-refractivity contribution is 9.13. The summed E-state index contributed by atoms with van der Waals surface area (Å²) in [6.45, 7) is 3.94. The first-order valence-electron chi connectivity index (χ1n) is 6.08. The Morgan fingerprint density at radius 3 is 2.76 bits per heavy atom. The molecule has 0 unspecified atom stereocenters. The molecule has 5 nitrogen and oxygen atoms in total. The third kappa shape index (κ3) is 4.18. The molecule has 0 aliphatic rings.